The van der Waals surface area contributed by atoms with E-state index in [9.17, 15) is 4.79 Å². The van der Waals surface area contributed by atoms with Crippen LogP contribution in [0.2, 0.25) is 0 Å². The molecule has 2 aliphatic rings. The number of likely N-dealkylation sites (tertiary alicyclic amines) is 1. The summed E-state index contributed by atoms with van der Waals surface area (Å²) in [6, 6.07) is 13.2. The lowest BCUT2D eigenvalue weighted by molar-refractivity contribution is -0.121. The topological polar surface area (TPSA) is 32.3 Å². The van der Waals surface area contributed by atoms with Crippen LogP contribution in [0.25, 0.3) is 0 Å². The van der Waals surface area contributed by atoms with E-state index in [-0.39, 0.29) is 11.3 Å². The summed E-state index contributed by atoms with van der Waals surface area (Å²) in [5, 5.41) is 4.96. The van der Waals surface area contributed by atoms with Gasteiger partial charge in [0.05, 0.1) is 0 Å². The van der Waals surface area contributed by atoms with Crippen LogP contribution >= 0.6 is 11.3 Å². The van der Waals surface area contributed by atoms with Gasteiger partial charge < -0.3 is 5.32 Å². The first-order valence-corrected chi connectivity index (χ1v) is 10.1. The van der Waals surface area contributed by atoms with Crippen molar-refractivity contribution in [3.63, 3.8) is 0 Å². The molecule has 4 rings (SSSR count). The number of piperidine rings is 1. The zero-order valence-corrected chi connectivity index (χ0v) is 15.6. The number of carbonyl (C=O) groups excluding carboxylic acids is 1. The molecular formula is C21H26N2OS. The van der Waals surface area contributed by atoms with E-state index in [1.807, 2.05) is 11.3 Å². The highest BCUT2D eigenvalue weighted by atomic mass is 32.1. The minimum atomic E-state index is 0.159. The van der Waals surface area contributed by atoms with E-state index in [1.54, 1.807) is 7.05 Å². The normalized spacial score (nSPS) is 22.0. The van der Waals surface area contributed by atoms with Gasteiger partial charge in [-0.15, -0.1) is 11.3 Å². The molecule has 1 amide bonds. The Morgan fingerprint density at radius 1 is 1.24 bits per heavy atom. The molecule has 1 aromatic heterocycles. The van der Waals surface area contributed by atoms with Crippen molar-refractivity contribution < 1.29 is 4.79 Å². The lowest BCUT2D eigenvalue weighted by atomic mass is 9.73. The van der Waals surface area contributed by atoms with Gasteiger partial charge in [0.15, 0.2) is 0 Å². The molecule has 1 aliphatic heterocycles. The fourth-order valence-electron chi connectivity index (χ4n) is 4.77. The Hall–Kier alpha value is -1.65. The van der Waals surface area contributed by atoms with Gasteiger partial charge in [0.25, 0.3) is 0 Å². The Balaban J connectivity index is 1.50. The van der Waals surface area contributed by atoms with E-state index in [1.165, 1.54) is 28.8 Å². The van der Waals surface area contributed by atoms with Gasteiger partial charge in [-0.2, -0.15) is 0 Å². The Bertz CT molecular complexity index is 732. The average molecular weight is 355 g/mol. The minimum Gasteiger partial charge on any atom is -0.359 e. The number of amides is 1. The highest BCUT2D eigenvalue weighted by Crippen LogP contribution is 2.52. The number of hydrogen-bond acceptors (Lipinski definition) is 3. The molecule has 0 unspecified atom stereocenters. The van der Waals surface area contributed by atoms with Crippen molar-refractivity contribution >= 4 is 17.2 Å². The third kappa shape index (κ3) is 3.25. The molecule has 1 N–H and O–H groups in total. The summed E-state index contributed by atoms with van der Waals surface area (Å²) in [7, 11) is 1.74. The van der Waals surface area contributed by atoms with Crippen LogP contribution in [0.4, 0.5) is 0 Å². The second kappa shape index (κ2) is 6.93. The summed E-state index contributed by atoms with van der Waals surface area (Å²) in [6.07, 6.45) is 4.17. The van der Waals surface area contributed by atoms with Gasteiger partial charge in [-0.3, -0.25) is 9.69 Å². The monoisotopic (exact) mass is 354 g/mol. The molecule has 0 bridgehead atoms. The lowest BCUT2D eigenvalue weighted by Crippen LogP contribution is -2.41. The van der Waals surface area contributed by atoms with Gasteiger partial charge in [0.1, 0.15) is 0 Å². The summed E-state index contributed by atoms with van der Waals surface area (Å²) in [4.78, 5) is 16.0. The van der Waals surface area contributed by atoms with Crippen molar-refractivity contribution in [2.24, 2.45) is 0 Å². The molecule has 1 atom stereocenters. The van der Waals surface area contributed by atoms with Crippen LogP contribution in [-0.4, -0.2) is 30.9 Å². The van der Waals surface area contributed by atoms with Crippen LogP contribution in [0.3, 0.4) is 0 Å². The highest BCUT2D eigenvalue weighted by Gasteiger charge is 2.45. The largest absolute Gasteiger partial charge is 0.359 e. The first-order valence-electron chi connectivity index (χ1n) is 9.25. The van der Waals surface area contributed by atoms with Crippen LogP contribution in [0.5, 0.6) is 0 Å². The lowest BCUT2D eigenvalue weighted by Gasteiger charge is -2.40. The summed E-state index contributed by atoms with van der Waals surface area (Å²) in [5.74, 6) is 0.534. The second-order valence-corrected chi connectivity index (χ2v) is 8.53. The number of nitrogens with one attached hydrogen (secondary N) is 1. The smallest absolute Gasteiger partial charge is 0.220 e. The van der Waals surface area contributed by atoms with Crippen molar-refractivity contribution in [3.05, 3.63) is 57.8 Å². The number of fused-ring (bicyclic) bond motifs is 2. The fourth-order valence-corrected chi connectivity index (χ4v) is 5.52. The van der Waals surface area contributed by atoms with E-state index in [2.05, 4.69) is 52.0 Å². The van der Waals surface area contributed by atoms with Crippen LogP contribution in [0, 0.1) is 0 Å². The van der Waals surface area contributed by atoms with E-state index in [0.717, 1.165) is 26.1 Å². The Morgan fingerprint density at radius 2 is 2.04 bits per heavy atom. The standard InChI is InChI=1S/C21H26N2OS/c1-22-20(24)13-16-14-21(19-7-3-2-6-18(16)19)8-10-23(11-9-21)15-17-5-4-12-25-17/h2-7,12,16H,8-11,13-15H2,1H3,(H,22,24)/t16-/m1/s1. The predicted molar refractivity (Wildman–Crippen MR) is 103 cm³/mol. The molecular weight excluding hydrogens is 328 g/mol. The average Bonchev–Trinajstić information content (AvgIpc) is 3.25. The van der Waals surface area contributed by atoms with Crippen LogP contribution in [0.1, 0.15) is 47.6 Å². The maximum absolute atomic E-state index is 12.0. The van der Waals surface area contributed by atoms with E-state index in [4.69, 9.17) is 0 Å². The number of thiophene rings is 1. The quantitative estimate of drug-likeness (QED) is 0.903. The number of carbonyl (C=O) groups is 1. The number of rotatable bonds is 4. The zero-order chi connectivity index (χ0) is 17.3. The van der Waals surface area contributed by atoms with Gasteiger partial charge in [0, 0.05) is 24.9 Å². The second-order valence-electron chi connectivity index (χ2n) is 7.50. The van der Waals surface area contributed by atoms with E-state index < -0.39 is 0 Å². The molecule has 2 aromatic rings. The maximum atomic E-state index is 12.0. The minimum absolute atomic E-state index is 0.159. The molecule has 1 aliphatic carbocycles. The number of hydrogen-bond donors (Lipinski definition) is 1. The van der Waals surface area contributed by atoms with Crippen LogP contribution in [0.15, 0.2) is 41.8 Å². The third-order valence-corrected chi connectivity index (χ3v) is 6.95. The summed E-state index contributed by atoms with van der Waals surface area (Å²) < 4.78 is 0. The Morgan fingerprint density at radius 3 is 2.76 bits per heavy atom. The molecule has 4 heteroatoms. The molecule has 1 saturated heterocycles. The maximum Gasteiger partial charge on any atom is 0.220 e. The summed E-state index contributed by atoms with van der Waals surface area (Å²) >= 11 is 1.85. The predicted octanol–water partition coefficient (Wildman–Crippen LogP) is 3.91. The van der Waals surface area contributed by atoms with Gasteiger partial charge in [-0.05, 0) is 66.3 Å². The first kappa shape index (κ1) is 16.8. The van der Waals surface area contributed by atoms with Crippen LogP contribution in [-0.2, 0) is 16.8 Å². The Kier molecular flexibility index (Phi) is 4.65. The zero-order valence-electron chi connectivity index (χ0n) is 14.8. The van der Waals surface area contributed by atoms with E-state index in [0.29, 0.717) is 12.3 Å². The molecule has 0 saturated carbocycles. The molecule has 1 aromatic carbocycles. The van der Waals surface area contributed by atoms with Crippen molar-refractivity contribution in [3.8, 4) is 0 Å². The van der Waals surface area contributed by atoms with Gasteiger partial charge in [0.2, 0.25) is 5.91 Å². The van der Waals surface area contributed by atoms with Crippen LogP contribution < -0.4 is 5.32 Å². The molecule has 1 fully saturated rings. The molecule has 132 valence electrons. The van der Waals surface area contributed by atoms with Gasteiger partial charge in [-0.25, -0.2) is 0 Å². The van der Waals surface area contributed by atoms with Crippen molar-refractivity contribution in [1.29, 1.82) is 0 Å². The number of benzene rings is 1. The fraction of sp³-hybridized carbons (Fsp3) is 0.476. The third-order valence-electron chi connectivity index (χ3n) is 6.09. The first-order chi connectivity index (χ1) is 12.2. The van der Waals surface area contributed by atoms with Gasteiger partial charge >= 0.3 is 0 Å². The highest BCUT2D eigenvalue weighted by molar-refractivity contribution is 7.09. The Labute approximate surface area is 154 Å². The summed E-state index contributed by atoms with van der Waals surface area (Å²) in [6.45, 7) is 3.38. The molecule has 3 nitrogen and oxygen atoms in total. The number of nitrogens with zero attached hydrogens (tertiary/aromatic N) is 1. The van der Waals surface area contributed by atoms with Crippen molar-refractivity contribution in [2.75, 3.05) is 20.1 Å². The SMILES string of the molecule is CNC(=O)C[C@@H]1CC2(CCN(Cc3cccs3)CC2)c2ccccc21. The van der Waals surface area contributed by atoms with Gasteiger partial charge in [-0.1, -0.05) is 30.3 Å². The summed E-state index contributed by atoms with van der Waals surface area (Å²) in [5.41, 5.74) is 3.21. The molecule has 0 radical (unpaired) electrons. The van der Waals surface area contributed by atoms with Crippen molar-refractivity contribution in [2.45, 2.75) is 43.6 Å². The molecule has 1 spiro atoms. The van der Waals surface area contributed by atoms with E-state index >= 15 is 0 Å². The van der Waals surface area contributed by atoms with Crippen molar-refractivity contribution in [1.82, 2.24) is 10.2 Å². The molecule has 2 heterocycles. The molecule has 25 heavy (non-hydrogen) atoms.